The Morgan fingerprint density at radius 1 is 0.250 bits per heavy atom. The number of hydrogen-bond acceptors (Lipinski definition) is 1. The summed E-state index contributed by atoms with van der Waals surface area (Å²) >= 11 is 0. The number of anilines is 3. The average Bonchev–Trinajstić information content (AvgIpc) is 3.80. The van der Waals surface area contributed by atoms with Crippen LogP contribution in [0.1, 0.15) is 0 Å². The van der Waals surface area contributed by atoms with Crippen LogP contribution in [0, 0.1) is 0 Å². The van der Waals surface area contributed by atoms with Gasteiger partial charge in [-0.25, -0.2) is 0 Å². The lowest BCUT2D eigenvalue weighted by atomic mass is 9.90. The van der Waals surface area contributed by atoms with Gasteiger partial charge in [-0.2, -0.15) is 0 Å². The molecule has 0 bridgehead atoms. The Morgan fingerprint density at radius 3 is 1.44 bits per heavy atom. The van der Waals surface area contributed by atoms with Gasteiger partial charge >= 0.3 is 0 Å². The zero-order valence-corrected chi connectivity index (χ0v) is 39.6. The SMILES string of the molecule is c1ccc(-c2ccc(-c3ccc(N(c4ccccc4-c4ccc5c(c4)c4ccccc4n5-c4ccccc4)c4ccccc4-c4cccc5cccc(-c6ccccc6)c45)cc3)cc2-c2ccccc2)cc1. The van der Waals surface area contributed by atoms with Crippen molar-refractivity contribution in [3.8, 4) is 72.4 Å². The number of aromatic nitrogens is 1. The van der Waals surface area contributed by atoms with E-state index in [1.54, 1.807) is 0 Å². The fourth-order valence-corrected chi connectivity index (χ4v) is 10.9. The molecule has 0 unspecified atom stereocenters. The fraction of sp³-hybridized carbons (Fsp3) is 0. The van der Waals surface area contributed by atoms with Crippen molar-refractivity contribution < 1.29 is 0 Å². The van der Waals surface area contributed by atoms with Gasteiger partial charge in [-0.05, 0) is 127 Å². The molecule has 0 fully saturated rings. The van der Waals surface area contributed by atoms with Crippen LogP contribution in [0.3, 0.4) is 0 Å². The van der Waals surface area contributed by atoms with E-state index >= 15 is 0 Å². The molecule has 2 nitrogen and oxygen atoms in total. The fourth-order valence-electron chi connectivity index (χ4n) is 10.9. The van der Waals surface area contributed by atoms with Gasteiger partial charge in [-0.1, -0.05) is 231 Å². The van der Waals surface area contributed by atoms with Crippen molar-refractivity contribution >= 4 is 49.6 Å². The maximum Gasteiger partial charge on any atom is 0.0541 e. The van der Waals surface area contributed by atoms with Crippen LogP contribution in [0.2, 0.25) is 0 Å². The maximum absolute atomic E-state index is 2.48. The lowest BCUT2D eigenvalue weighted by Gasteiger charge is -2.30. The van der Waals surface area contributed by atoms with Crippen LogP contribution in [-0.2, 0) is 0 Å². The first-order chi connectivity index (χ1) is 35.7. The number of nitrogens with zero attached hydrogens (tertiary/aromatic N) is 2. The maximum atomic E-state index is 2.48. The highest BCUT2D eigenvalue weighted by Gasteiger charge is 2.23. The number of benzene rings is 12. The molecule has 1 aromatic heterocycles. The van der Waals surface area contributed by atoms with Crippen molar-refractivity contribution in [1.82, 2.24) is 4.57 Å². The third kappa shape index (κ3) is 7.63. The quantitative estimate of drug-likeness (QED) is 0.133. The molecular formula is C70H48N2. The van der Waals surface area contributed by atoms with Crippen molar-refractivity contribution in [2.45, 2.75) is 0 Å². The summed E-state index contributed by atoms with van der Waals surface area (Å²) in [5.74, 6) is 0. The Hall–Kier alpha value is -9.50. The van der Waals surface area contributed by atoms with Gasteiger partial charge in [0, 0.05) is 33.3 Å². The van der Waals surface area contributed by atoms with E-state index in [2.05, 4.69) is 301 Å². The van der Waals surface area contributed by atoms with Gasteiger partial charge in [0.15, 0.2) is 0 Å². The highest BCUT2D eigenvalue weighted by atomic mass is 15.1. The Labute approximate surface area is 420 Å². The van der Waals surface area contributed by atoms with Crippen molar-refractivity contribution in [2.24, 2.45) is 0 Å². The molecule has 338 valence electrons. The molecular weight excluding hydrogens is 869 g/mol. The van der Waals surface area contributed by atoms with E-state index in [0.29, 0.717) is 0 Å². The summed E-state index contributed by atoms with van der Waals surface area (Å²) in [7, 11) is 0. The first kappa shape index (κ1) is 42.6. The largest absolute Gasteiger partial charge is 0.309 e. The molecule has 72 heavy (non-hydrogen) atoms. The molecule has 0 aliphatic heterocycles. The van der Waals surface area contributed by atoms with Crippen LogP contribution in [0.5, 0.6) is 0 Å². The number of fused-ring (bicyclic) bond motifs is 4. The van der Waals surface area contributed by atoms with E-state index in [4.69, 9.17) is 0 Å². The van der Waals surface area contributed by atoms with Crippen LogP contribution in [-0.4, -0.2) is 4.57 Å². The second-order valence-electron chi connectivity index (χ2n) is 18.4. The van der Waals surface area contributed by atoms with Crippen LogP contribution in [0.4, 0.5) is 17.1 Å². The summed E-state index contributed by atoms with van der Waals surface area (Å²) < 4.78 is 2.39. The standard InChI is InChI=1S/C70H48N2/c1-5-21-50(22-6-1)58-45-41-54(47-64(58)52-25-9-3-10-26-52)49-39-43-57(44-40-49)72(67-37-17-14-32-61(67)63-35-20-28-53-27-19-34-60(70(53)63)51-23-7-2-8-24-51)66-36-16-13-31-59(66)55-42-46-69-65(48-55)62-33-15-18-38-68(62)71(69)56-29-11-4-12-30-56/h1-48H. The highest BCUT2D eigenvalue weighted by molar-refractivity contribution is 6.12. The van der Waals surface area contributed by atoms with Gasteiger partial charge in [0.05, 0.1) is 22.4 Å². The van der Waals surface area contributed by atoms with Crippen molar-refractivity contribution in [3.63, 3.8) is 0 Å². The molecule has 0 amide bonds. The molecule has 13 aromatic rings. The van der Waals surface area contributed by atoms with Crippen LogP contribution >= 0.6 is 0 Å². The molecule has 0 aliphatic carbocycles. The Bertz CT molecular complexity index is 4060. The lowest BCUT2D eigenvalue weighted by Crippen LogP contribution is -2.12. The summed E-state index contributed by atoms with van der Waals surface area (Å²) in [5.41, 5.74) is 20.9. The third-order valence-corrected chi connectivity index (χ3v) is 14.2. The molecule has 1 heterocycles. The first-order valence-corrected chi connectivity index (χ1v) is 24.8. The molecule has 0 spiro atoms. The zero-order chi connectivity index (χ0) is 47.8. The van der Waals surface area contributed by atoms with Crippen molar-refractivity contribution in [1.29, 1.82) is 0 Å². The van der Waals surface area contributed by atoms with Gasteiger partial charge in [0.25, 0.3) is 0 Å². The predicted molar refractivity (Wildman–Crippen MR) is 306 cm³/mol. The molecule has 0 atom stereocenters. The number of rotatable bonds is 10. The van der Waals surface area contributed by atoms with E-state index in [0.717, 1.165) is 45.0 Å². The zero-order valence-electron chi connectivity index (χ0n) is 39.6. The average molecular weight is 917 g/mol. The van der Waals surface area contributed by atoms with Crippen LogP contribution in [0.15, 0.2) is 291 Å². The molecule has 0 saturated carbocycles. The molecule has 0 radical (unpaired) electrons. The second-order valence-corrected chi connectivity index (χ2v) is 18.4. The predicted octanol–water partition coefficient (Wildman–Crippen LogP) is 19.4. The summed E-state index contributed by atoms with van der Waals surface area (Å²) in [6.07, 6.45) is 0. The van der Waals surface area contributed by atoms with E-state index in [-0.39, 0.29) is 0 Å². The monoisotopic (exact) mass is 916 g/mol. The van der Waals surface area contributed by atoms with E-state index < -0.39 is 0 Å². The number of hydrogen-bond donors (Lipinski definition) is 0. The van der Waals surface area contributed by atoms with Crippen molar-refractivity contribution in [2.75, 3.05) is 4.90 Å². The van der Waals surface area contributed by atoms with Gasteiger partial charge in [-0.15, -0.1) is 0 Å². The summed E-state index contributed by atoms with van der Waals surface area (Å²) in [4.78, 5) is 2.48. The first-order valence-electron chi connectivity index (χ1n) is 24.8. The summed E-state index contributed by atoms with van der Waals surface area (Å²) in [6, 6.07) is 106. The van der Waals surface area contributed by atoms with E-state index in [1.165, 1.54) is 77.1 Å². The molecule has 0 N–H and O–H groups in total. The Balaban J connectivity index is 1.01. The summed E-state index contributed by atoms with van der Waals surface area (Å²) in [6.45, 7) is 0. The molecule has 0 aliphatic rings. The lowest BCUT2D eigenvalue weighted by molar-refractivity contribution is 1.18. The van der Waals surface area contributed by atoms with E-state index in [9.17, 15) is 0 Å². The number of para-hydroxylation sites is 4. The van der Waals surface area contributed by atoms with Gasteiger partial charge < -0.3 is 9.47 Å². The minimum Gasteiger partial charge on any atom is -0.309 e. The topological polar surface area (TPSA) is 8.17 Å². The van der Waals surface area contributed by atoms with Gasteiger partial charge in [0.2, 0.25) is 0 Å². The normalized spacial score (nSPS) is 11.3. The van der Waals surface area contributed by atoms with Gasteiger partial charge in [0.1, 0.15) is 0 Å². The highest BCUT2D eigenvalue weighted by Crippen LogP contribution is 2.48. The van der Waals surface area contributed by atoms with Crippen LogP contribution in [0.25, 0.3) is 105 Å². The van der Waals surface area contributed by atoms with E-state index in [1.807, 2.05) is 0 Å². The second kappa shape index (κ2) is 18.4. The molecule has 2 heteroatoms. The van der Waals surface area contributed by atoms with Gasteiger partial charge in [-0.3, -0.25) is 0 Å². The summed E-state index contributed by atoms with van der Waals surface area (Å²) in [5, 5.41) is 4.88. The molecule has 12 aromatic carbocycles. The van der Waals surface area contributed by atoms with Crippen molar-refractivity contribution in [3.05, 3.63) is 291 Å². The molecule has 13 rings (SSSR count). The Morgan fingerprint density at radius 2 is 0.750 bits per heavy atom. The third-order valence-electron chi connectivity index (χ3n) is 14.2. The van der Waals surface area contributed by atoms with Crippen LogP contribution < -0.4 is 4.90 Å². The minimum atomic E-state index is 1.06. The Kier molecular flexibility index (Phi) is 10.9. The minimum absolute atomic E-state index is 1.06. The molecule has 0 saturated heterocycles. The smallest absolute Gasteiger partial charge is 0.0541 e.